The Kier molecular flexibility index (Phi) is 7.91. The molecule has 2 aliphatic rings. The zero-order chi connectivity index (χ0) is 19.4. The normalized spacial score (nSPS) is 46.9. The van der Waals surface area contributed by atoms with Crippen LogP contribution in [0.1, 0.15) is 12.8 Å². The minimum atomic E-state index is -1.67. The smallest absolute Gasteiger partial charge is 0.187 e. The Morgan fingerprint density at radius 2 is 1.38 bits per heavy atom. The van der Waals surface area contributed by atoms with Gasteiger partial charge in [-0.05, 0) is 12.8 Å². The molecular formula is C16H28O10. The van der Waals surface area contributed by atoms with E-state index in [0.29, 0.717) is 12.8 Å². The van der Waals surface area contributed by atoms with Crippen LogP contribution in [0.15, 0.2) is 12.7 Å². The fourth-order valence-corrected chi connectivity index (χ4v) is 3.19. The van der Waals surface area contributed by atoms with Gasteiger partial charge in [0.25, 0.3) is 0 Å². The molecule has 0 bridgehead atoms. The first kappa shape index (κ1) is 21.6. The van der Waals surface area contributed by atoms with Gasteiger partial charge >= 0.3 is 0 Å². The molecule has 0 aliphatic carbocycles. The van der Waals surface area contributed by atoms with Crippen LogP contribution in [0.2, 0.25) is 0 Å². The minimum Gasteiger partial charge on any atom is -0.394 e. The molecule has 2 aliphatic heterocycles. The van der Waals surface area contributed by atoms with Crippen LogP contribution in [-0.2, 0) is 14.2 Å². The van der Waals surface area contributed by atoms with Gasteiger partial charge in [0.1, 0.15) is 48.8 Å². The summed E-state index contributed by atoms with van der Waals surface area (Å²) < 4.78 is 16.3. The third-order valence-corrected chi connectivity index (χ3v) is 4.76. The van der Waals surface area contributed by atoms with Gasteiger partial charge in [-0.15, -0.1) is 6.58 Å². The first-order chi connectivity index (χ1) is 12.3. The van der Waals surface area contributed by atoms with Crippen molar-refractivity contribution in [3.05, 3.63) is 12.7 Å². The van der Waals surface area contributed by atoms with E-state index in [1.54, 1.807) is 6.08 Å². The number of hydrogen-bond donors (Lipinski definition) is 7. The second-order valence-corrected chi connectivity index (χ2v) is 6.54. The summed E-state index contributed by atoms with van der Waals surface area (Å²) in [5.41, 5.74) is 0. The Morgan fingerprint density at radius 1 is 0.769 bits per heavy atom. The summed E-state index contributed by atoms with van der Waals surface area (Å²) in [6.45, 7) is 2.41. The predicted molar refractivity (Wildman–Crippen MR) is 85.8 cm³/mol. The molecule has 152 valence electrons. The maximum atomic E-state index is 10.4. The average Bonchev–Trinajstić information content (AvgIpc) is 2.64. The highest BCUT2D eigenvalue weighted by molar-refractivity contribution is 4.96. The average molecular weight is 380 g/mol. The summed E-state index contributed by atoms with van der Waals surface area (Å²) in [7, 11) is 0. The monoisotopic (exact) mass is 380 g/mol. The number of aliphatic hydroxyl groups excluding tert-OH is 7. The fraction of sp³-hybridized carbons (Fsp3) is 0.875. The lowest BCUT2D eigenvalue weighted by Crippen LogP contribution is -2.64. The second kappa shape index (κ2) is 9.51. The molecule has 0 aromatic carbocycles. The van der Waals surface area contributed by atoms with E-state index < -0.39 is 74.4 Å². The summed E-state index contributed by atoms with van der Waals surface area (Å²) in [4.78, 5) is 0. The van der Waals surface area contributed by atoms with Crippen LogP contribution in [0.25, 0.3) is 0 Å². The highest BCUT2D eigenvalue weighted by Crippen LogP contribution is 2.30. The van der Waals surface area contributed by atoms with Gasteiger partial charge in [0.15, 0.2) is 6.29 Å². The number of allylic oxidation sites excluding steroid dienone is 1. The van der Waals surface area contributed by atoms with Crippen LogP contribution < -0.4 is 0 Å². The van der Waals surface area contributed by atoms with E-state index in [0.717, 1.165) is 0 Å². The summed E-state index contributed by atoms with van der Waals surface area (Å²) in [5.74, 6) is 0. The Labute approximate surface area is 150 Å². The lowest BCUT2D eigenvalue weighted by molar-refractivity contribution is -0.342. The molecule has 0 radical (unpaired) electrons. The van der Waals surface area contributed by atoms with E-state index in [-0.39, 0.29) is 0 Å². The molecule has 10 nitrogen and oxygen atoms in total. The first-order valence-corrected chi connectivity index (χ1v) is 8.55. The van der Waals surface area contributed by atoms with Gasteiger partial charge in [0.2, 0.25) is 0 Å². The molecule has 2 fully saturated rings. The molecule has 0 unspecified atom stereocenters. The molecule has 10 heteroatoms. The van der Waals surface area contributed by atoms with Crippen molar-refractivity contribution < 1.29 is 50.0 Å². The van der Waals surface area contributed by atoms with Crippen LogP contribution in [0.3, 0.4) is 0 Å². The molecule has 0 amide bonds. The molecule has 26 heavy (non-hydrogen) atoms. The zero-order valence-electron chi connectivity index (χ0n) is 14.2. The first-order valence-electron chi connectivity index (χ1n) is 8.55. The number of hydrogen-bond acceptors (Lipinski definition) is 10. The molecule has 0 aromatic heterocycles. The van der Waals surface area contributed by atoms with Crippen molar-refractivity contribution in [1.29, 1.82) is 0 Å². The summed E-state index contributed by atoms with van der Waals surface area (Å²) >= 11 is 0. The standard InChI is InChI=1S/C16H28O10/c1-2-3-4-7-10(19)13(22)15(9(6-18)24-7)26-16-14(23)12(21)11(20)8(5-17)25-16/h2,7-23H,1,3-6H2/t7-,8+,9+,10-,11+,12-,13+,14+,15+,16-/m0/s1. The lowest BCUT2D eigenvalue weighted by Gasteiger charge is -2.46. The molecule has 10 atom stereocenters. The van der Waals surface area contributed by atoms with Crippen molar-refractivity contribution in [2.75, 3.05) is 13.2 Å². The maximum absolute atomic E-state index is 10.4. The Bertz CT molecular complexity index is 445. The molecule has 7 N–H and O–H groups in total. The van der Waals surface area contributed by atoms with Gasteiger partial charge in [0, 0.05) is 0 Å². The SMILES string of the molecule is C=CCC[C@@H]1O[C@H](CO)[C@@H](O[C@@H]2O[C@H](CO)[C@@H](O)[C@H](O)[C@H]2O)[C@H](O)[C@H]1O. The van der Waals surface area contributed by atoms with Gasteiger partial charge in [-0.2, -0.15) is 0 Å². The predicted octanol–water partition coefficient (Wildman–Crippen LogP) is -3.38. The lowest BCUT2D eigenvalue weighted by atomic mass is 9.92. The van der Waals surface area contributed by atoms with E-state index in [1.807, 2.05) is 0 Å². The van der Waals surface area contributed by atoms with E-state index >= 15 is 0 Å². The van der Waals surface area contributed by atoms with Crippen molar-refractivity contribution in [3.8, 4) is 0 Å². The van der Waals surface area contributed by atoms with Crippen LogP contribution in [0.5, 0.6) is 0 Å². The topological polar surface area (TPSA) is 169 Å². The van der Waals surface area contributed by atoms with Crippen molar-refractivity contribution in [2.24, 2.45) is 0 Å². The summed E-state index contributed by atoms with van der Waals surface area (Å²) in [5, 5.41) is 69.0. The quantitative estimate of drug-likeness (QED) is 0.221. The third-order valence-electron chi connectivity index (χ3n) is 4.76. The van der Waals surface area contributed by atoms with Crippen molar-refractivity contribution >= 4 is 0 Å². The van der Waals surface area contributed by atoms with E-state index in [1.165, 1.54) is 0 Å². The molecule has 2 rings (SSSR count). The third kappa shape index (κ3) is 4.42. The molecule has 0 spiro atoms. The van der Waals surface area contributed by atoms with Gasteiger partial charge in [-0.25, -0.2) is 0 Å². The number of ether oxygens (including phenoxy) is 3. The minimum absolute atomic E-state index is 0.380. The van der Waals surface area contributed by atoms with Gasteiger partial charge in [0.05, 0.1) is 19.3 Å². The van der Waals surface area contributed by atoms with Crippen LogP contribution in [0.4, 0.5) is 0 Å². The Balaban J connectivity index is 2.10. The van der Waals surface area contributed by atoms with Gasteiger partial charge in [-0.1, -0.05) is 6.08 Å². The van der Waals surface area contributed by atoms with Crippen LogP contribution in [0, 0.1) is 0 Å². The largest absolute Gasteiger partial charge is 0.394 e. The van der Waals surface area contributed by atoms with Gasteiger partial charge < -0.3 is 50.0 Å². The number of aliphatic hydroxyl groups is 7. The highest BCUT2D eigenvalue weighted by Gasteiger charge is 2.50. The number of rotatable bonds is 7. The Hall–Kier alpha value is -0.660. The fourth-order valence-electron chi connectivity index (χ4n) is 3.19. The highest BCUT2D eigenvalue weighted by atomic mass is 16.7. The van der Waals surface area contributed by atoms with Crippen molar-refractivity contribution in [1.82, 2.24) is 0 Å². The van der Waals surface area contributed by atoms with Crippen LogP contribution >= 0.6 is 0 Å². The second-order valence-electron chi connectivity index (χ2n) is 6.54. The maximum Gasteiger partial charge on any atom is 0.187 e. The zero-order valence-corrected chi connectivity index (χ0v) is 14.2. The molecular weight excluding hydrogens is 352 g/mol. The van der Waals surface area contributed by atoms with Crippen molar-refractivity contribution in [3.63, 3.8) is 0 Å². The Morgan fingerprint density at radius 3 is 1.96 bits per heavy atom. The van der Waals surface area contributed by atoms with Crippen LogP contribution in [-0.4, -0.2) is 110 Å². The summed E-state index contributed by atoms with van der Waals surface area (Å²) in [6.07, 6.45) is -10.8. The van der Waals surface area contributed by atoms with E-state index in [4.69, 9.17) is 14.2 Å². The summed E-state index contributed by atoms with van der Waals surface area (Å²) in [6, 6.07) is 0. The van der Waals surface area contributed by atoms with E-state index in [9.17, 15) is 35.7 Å². The van der Waals surface area contributed by atoms with Crippen molar-refractivity contribution in [2.45, 2.75) is 74.1 Å². The molecule has 0 aromatic rings. The molecule has 0 saturated carbocycles. The van der Waals surface area contributed by atoms with Gasteiger partial charge in [-0.3, -0.25) is 0 Å². The van der Waals surface area contributed by atoms with E-state index in [2.05, 4.69) is 6.58 Å². The molecule has 2 heterocycles. The molecule has 2 saturated heterocycles.